The first-order valence-electron chi connectivity index (χ1n) is 7.31. The predicted octanol–water partition coefficient (Wildman–Crippen LogP) is 5.31. The van der Waals surface area contributed by atoms with Gasteiger partial charge in [-0.2, -0.15) is 13.2 Å². The Labute approximate surface area is 119 Å². The summed E-state index contributed by atoms with van der Waals surface area (Å²) >= 11 is 0. The third kappa shape index (κ3) is 5.16. The minimum Gasteiger partial charge on any atom is -0.324 e. The summed E-state index contributed by atoms with van der Waals surface area (Å²) in [6.45, 7) is 4.25. The molecule has 2 atom stereocenters. The smallest absolute Gasteiger partial charge is 0.324 e. The Hall–Kier alpha value is -1.03. The highest BCUT2D eigenvalue weighted by Gasteiger charge is 2.30. The molecule has 1 aromatic rings. The summed E-state index contributed by atoms with van der Waals surface area (Å²) in [6.07, 6.45) is 0.843. The van der Waals surface area contributed by atoms with Gasteiger partial charge < -0.3 is 5.73 Å². The predicted molar refractivity (Wildman–Crippen MR) is 76.3 cm³/mol. The van der Waals surface area contributed by atoms with E-state index in [2.05, 4.69) is 13.8 Å². The Morgan fingerprint density at radius 3 is 2.45 bits per heavy atom. The molecular formula is C16H24F3N. The zero-order valence-corrected chi connectivity index (χ0v) is 12.2. The average molecular weight is 287 g/mol. The van der Waals surface area contributed by atoms with Gasteiger partial charge in [-0.3, -0.25) is 0 Å². The van der Waals surface area contributed by atoms with Gasteiger partial charge in [-0.1, -0.05) is 51.7 Å². The average Bonchev–Trinajstić information content (AvgIpc) is 2.42. The second-order valence-corrected chi connectivity index (χ2v) is 5.38. The molecule has 0 aromatic heterocycles. The topological polar surface area (TPSA) is 26.0 Å². The van der Waals surface area contributed by atoms with Crippen molar-refractivity contribution in [2.45, 2.75) is 58.2 Å². The largest absolute Gasteiger partial charge is 0.416 e. The van der Waals surface area contributed by atoms with Gasteiger partial charge in [-0.05, 0) is 30.0 Å². The van der Waals surface area contributed by atoms with Crippen LogP contribution in [0.5, 0.6) is 0 Å². The Balaban J connectivity index is 2.73. The highest BCUT2D eigenvalue weighted by atomic mass is 19.4. The van der Waals surface area contributed by atoms with Crippen LogP contribution in [0.25, 0.3) is 0 Å². The Bertz CT molecular complexity index is 401. The summed E-state index contributed by atoms with van der Waals surface area (Å²) in [4.78, 5) is 0. The number of benzene rings is 1. The zero-order chi connectivity index (χ0) is 15.2. The normalized spacial score (nSPS) is 15.1. The van der Waals surface area contributed by atoms with Gasteiger partial charge in [-0.25, -0.2) is 0 Å². The molecule has 0 amide bonds. The van der Waals surface area contributed by atoms with Crippen molar-refractivity contribution >= 4 is 0 Å². The lowest BCUT2D eigenvalue weighted by Crippen LogP contribution is -2.16. The van der Waals surface area contributed by atoms with Crippen molar-refractivity contribution < 1.29 is 13.2 Å². The first-order valence-corrected chi connectivity index (χ1v) is 7.31. The van der Waals surface area contributed by atoms with Crippen LogP contribution in [0.4, 0.5) is 13.2 Å². The van der Waals surface area contributed by atoms with Crippen LogP contribution in [-0.2, 0) is 6.18 Å². The molecule has 0 spiro atoms. The lowest BCUT2D eigenvalue weighted by atomic mass is 9.89. The molecule has 0 bridgehead atoms. The Morgan fingerprint density at radius 1 is 1.20 bits per heavy atom. The summed E-state index contributed by atoms with van der Waals surface area (Å²) in [5.74, 6) is 0.486. The highest BCUT2D eigenvalue weighted by Crippen LogP contribution is 2.32. The number of halogens is 3. The SMILES string of the molecule is CCCCC(CC)CC(N)c1cccc(C(F)(F)F)c1. The lowest BCUT2D eigenvalue weighted by molar-refractivity contribution is -0.137. The first-order chi connectivity index (χ1) is 9.38. The minimum absolute atomic E-state index is 0.320. The van der Waals surface area contributed by atoms with Crippen molar-refractivity contribution in [2.24, 2.45) is 11.7 Å². The van der Waals surface area contributed by atoms with Crippen LogP contribution in [0.15, 0.2) is 24.3 Å². The Morgan fingerprint density at radius 2 is 1.90 bits per heavy atom. The third-order valence-electron chi connectivity index (χ3n) is 3.77. The van der Waals surface area contributed by atoms with Gasteiger partial charge in [0.15, 0.2) is 0 Å². The van der Waals surface area contributed by atoms with E-state index in [4.69, 9.17) is 5.73 Å². The van der Waals surface area contributed by atoms with Crippen LogP contribution in [0.2, 0.25) is 0 Å². The summed E-state index contributed by atoms with van der Waals surface area (Å²) in [5, 5.41) is 0. The van der Waals surface area contributed by atoms with E-state index in [0.717, 1.165) is 38.2 Å². The molecular weight excluding hydrogens is 263 g/mol. The molecule has 0 heterocycles. The number of unbranched alkanes of at least 4 members (excludes halogenated alkanes) is 1. The van der Waals surface area contributed by atoms with Crippen LogP contribution in [0.1, 0.15) is 63.1 Å². The van der Waals surface area contributed by atoms with E-state index in [1.165, 1.54) is 12.1 Å². The van der Waals surface area contributed by atoms with Gasteiger partial charge in [0.1, 0.15) is 0 Å². The molecule has 20 heavy (non-hydrogen) atoms. The van der Waals surface area contributed by atoms with E-state index in [1.807, 2.05) is 0 Å². The van der Waals surface area contributed by atoms with E-state index in [1.54, 1.807) is 6.07 Å². The van der Waals surface area contributed by atoms with Crippen molar-refractivity contribution in [2.75, 3.05) is 0 Å². The van der Waals surface area contributed by atoms with E-state index in [-0.39, 0.29) is 6.04 Å². The molecule has 2 N–H and O–H groups in total. The molecule has 0 aliphatic carbocycles. The summed E-state index contributed by atoms with van der Waals surface area (Å²) in [7, 11) is 0. The van der Waals surface area contributed by atoms with Crippen molar-refractivity contribution in [3.63, 3.8) is 0 Å². The molecule has 0 aliphatic rings. The van der Waals surface area contributed by atoms with Crippen LogP contribution in [0, 0.1) is 5.92 Å². The van der Waals surface area contributed by atoms with E-state index >= 15 is 0 Å². The number of alkyl halides is 3. The molecule has 0 saturated heterocycles. The van der Waals surface area contributed by atoms with Gasteiger partial charge in [0.25, 0.3) is 0 Å². The van der Waals surface area contributed by atoms with Crippen molar-refractivity contribution in [1.29, 1.82) is 0 Å². The maximum Gasteiger partial charge on any atom is 0.416 e. The third-order valence-corrected chi connectivity index (χ3v) is 3.77. The molecule has 0 saturated carbocycles. The molecule has 114 valence electrons. The second kappa shape index (κ2) is 7.67. The maximum absolute atomic E-state index is 12.7. The standard InChI is InChI=1S/C16H24F3N/c1-3-5-7-12(4-2)10-15(20)13-8-6-9-14(11-13)16(17,18)19/h6,8-9,11-12,15H,3-5,7,10,20H2,1-2H3. The number of hydrogen-bond donors (Lipinski definition) is 1. The van der Waals surface area contributed by atoms with Gasteiger partial charge >= 0.3 is 6.18 Å². The summed E-state index contributed by atoms with van der Waals surface area (Å²) in [6, 6.07) is 5.07. The minimum atomic E-state index is -4.30. The van der Waals surface area contributed by atoms with Gasteiger partial charge in [0.05, 0.1) is 5.56 Å². The van der Waals surface area contributed by atoms with Gasteiger partial charge in [-0.15, -0.1) is 0 Å². The maximum atomic E-state index is 12.7. The van der Waals surface area contributed by atoms with Crippen LogP contribution in [0.3, 0.4) is 0 Å². The lowest BCUT2D eigenvalue weighted by Gasteiger charge is -2.20. The fraction of sp³-hybridized carbons (Fsp3) is 0.625. The first kappa shape index (κ1) is 17.0. The molecule has 2 unspecified atom stereocenters. The summed E-state index contributed by atoms with van der Waals surface area (Å²) < 4.78 is 38.1. The van der Waals surface area contributed by atoms with Crippen LogP contribution in [-0.4, -0.2) is 0 Å². The zero-order valence-electron chi connectivity index (χ0n) is 12.2. The van der Waals surface area contributed by atoms with Crippen molar-refractivity contribution in [1.82, 2.24) is 0 Å². The molecule has 1 rings (SSSR count). The highest BCUT2D eigenvalue weighted by molar-refractivity contribution is 5.27. The van der Waals surface area contributed by atoms with E-state index in [9.17, 15) is 13.2 Å². The molecule has 1 nitrogen and oxygen atoms in total. The quantitative estimate of drug-likeness (QED) is 0.722. The fourth-order valence-corrected chi connectivity index (χ4v) is 2.42. The molecule has 0 radical (unpaired) electrons. The van der Waals surface area contributed by atoms with Crippen molar-refractivity contribution in [3.05, 3.63) is 35.4 Å². The molecule has 0 aliphatic heterocycles. The van der Waals surface area contributed by atoms with Gasteiger partial charge in [0, 0.05) is 6.04 Å². The number of hydrogen-bond acceptors (Lipinski definition) is 1. The Kier molecular flexibility index (Phi) is 6.53. The number of nitrogens with two attached hydrogens (primary N) is 1. The van der Waals surface area contributed by atoms with Crippen LogP contribution < -0.4 is 5.73 Å². The molecule has 1 aromatic carbocycles. The number of rotatable bonds is 7. The van der Waals surface area contributed by atoms with Gasteiger partial charge in [0.2, 0.25) is 0 Å². The van der Waals surface area contributed by atoms with E-state index < -0.39 is 11.7 Å². The van der Waals surface area contributed by atoms with Crippen molar-refractivity contribution in [3.8, 4) is 0 Å². The monoisotopic (exact) mass is 287 g/mol. The molecule has 4 heteroatoms. The molecule has 0 fully saturated rings. The van der Waals surface area contributed by atoms with E-state index in [0.29, 0.717) is 11.5 Å². The fourth-order valence-electron chi connectivity index (χ4n) is 2.42. The summed E-state index contributed by atoms with van der Waals surface area (Å²) in [5.41, 5.74) is 6.05. The van der Waals surface area contributed by atoms with Crippen LogP contribution >= 0.6 is 0 Å². The second-order valence-electron chi connectivity index (χ2n) is 5.38.